The SMILES string of the molecule is CC(=O)C(=O)[O-].O=P([O-])([O-])O.[K+].[K+].[Na+]. The second-order valence-corrected chi connectivity index (χ2v) is 2.25. The molecule has 0 aliphatic carbocycles. The molecule has 0 bridgehead atoms. The maximum Gasteiger partial charge on any atom is 1.00 e. The van der Waals surface area contributed by atoms with E-state index in [9.17, 15) is 14.7 Å². The third-order valence-corrected chi connectivity index (χ3v) is 0.287. The van der Waals surface area contributed by atoms with E-state index in [2.05, 4.69) is 0 Å². The monoisotopic (exact) mass is 284 g/mol. The van der Waals surface area contributed by atoms with E-state index in [1.165, 1.54) is 0 Å². The van der Waals surface area contributed by atoms with Crippen LogP contribution in [0.15, 0.2) is 0 Å². The molecule has 0 fully saturated rings. The summed E-state index contributed by atoms with van der Waals surface area (Å²) in [7, 11) is -5.14. The minimum absolute atomic E-state index is 0. The summed E-state index contributed by atoms with van der Waals surface area (Å²) in [5.74, 6) is -2.56. The van der Waals surface area contributed by atoms with Gasteiger partial charge >= 0.3 is 132 Å². The third-order valence-electron chi connectivity index (χ3n) is 0.287. The molecule has 0 amide bonds. The van der Waals surface area contributed by atoms with Crippen molar-refractivity contribution in [3.8, 4) is 0 Å². The van der Waals surface area contributed by atoms with Crippen LogP contribution in [0.5, 0.6) is 0 Å². The first-order valence-corrected chi connectivity index (χ1v) is 3.61. The smallest absolute Gasteiger partial charge is 0.790 e. The maximum atomic E-state index is 9.48. The molecule has 0 saturated heterocycles. The molecule has 0 saturated carbocycles. The molecular formula is C3H4K2NaO7P. The Bertz CT molecular complexity index is 183. The Kier molecular flexibility index (Phi) is 36.0. The Morgan fingerprint density at radius 1 is 1.21 bits per heavy atom. The summed E-state index contributed by atoms with van der Waals surface area (Å²) >= 11 is 0. The van der Waals surface area contributed by atoms with Crippen molar-refractivity contribution in [1.82, 2.24) is 0 Å². The fraction of sp³-hybridized carbons (Fsp3) is 0.333. The van der Waals surface area contributed by atoms with Crippen LogP contribution in [0.1, 0.15) is 6.92 Å². The van der Waals surface area contributed by atoms with Gasteiger partial charge in [0.15, 0.2) is 5.78 Å². The Balaban J connectivity index is -0.0000000321. The van der Waals surface area contributed by atoms with E-state index in [0.29, 0.717) is 0 Å². The number of rotatable bonds is 1. The molecule has 0 radical (unpaired) electrons. The van der Waals surface area contributed by atoms with E-state index in [4.69, 9.17) is 19.2 Å². The Morgan fingerprint density at radius 2 is 1.29 bits per heavy atom. The van der Waals surface area contributed by atoms with E-state index in [1.807, 2.05) is 0 Å². The number of phosphoric acid groups is 1. The second-order valence-electron chi connectivity index (χ2n) is 1.31. The summed E-state index contributed by atoms with van der Waals surface area (Å²) in [6, 6.07) is 0. The molecule has 0 aromatic carbocycles. The molecule has 0 aliphatic heterocycles. The van der Waals surface area contributed by atoms with Crippen molar-refractivity contribution in [1.29, 1.82) is 0 Å². The topological polar surface area (TPSA) is 141 Å². The molecule has 0 aliphatic rings. The van der Waals surface area contributed by atoms with Crippen molar-refractivity contribution in [2.24, 2.45) is 0 Å². The predicted molar refractivity (Wildman–Crippen MR) is 25.5 cm³/mol. The van der Waals surface area contributed by atoms with E-state index in [0.717, 1.165) is 6.92 Å². The normalized spacial score (nSPS) is 7.43. The van der Waals surface area contributed by atoms with Gasteiger partial charge in [0, 0.05) is 6.92 Å². The van der Waals surface area contributed by atoms with Crippen LogP contribution >= 0.6 is 7.82 Å². The van der Waals surface area contributed by atoms with Crippen LogP contribution in [0.4, 0.5) is 0 Å². The number of aliphatic carboxylic acids is 1. The summed E-state index contributed by atoms with van der Waals surface area (Å²) in [4.78, 5) is 43.0. The summed E-state index contributed by atoms with van der Waals surface area (Å²) in [5, 5.41) is 9.24. The van der Waals surface area contributed by atoms with Gasteiger partial charge in [0.05, 0.1) is 7.82 Å². The minimum atomic E-state index is -5.14. The summed E-state index contributed by atoms with van der Waals surface area (Å²) in [6.07, 6.45) is 0. The van der Waals surface area contributed by atoms with Crippen LogP contribution in [0.25, 0.3) is 0 Å². The number of carboxylic acids is 1. The van der Waals surface area contributed by atoms with Gasteiger partial charge in [-0.2, -0.15) is 0 Å². The number of carbonyl (C=O) groups is 2. The van der Waals surface area contributed by atoms with Crippen molar-refractivity contribution >= 4 is 19.6 Å². The molecular weight excluding hydrogens is 280 g/mol. The van der Waals surface area contributed by atoms with Crippen molar-refractivity contribution in [3.63, 3.8) is 0 Å². The summed E-state index contributed by atoms with van der Waals surface area (Å²) in [5.41, 5.74) is 0. The van der Waals surface area contributed by atoms with E-state index in [-0.39, 0.29) is 132 Å². The fourth-order valence-electron chi connectivity index (χ4n) is 0. The summed E-state index contributed by atoms with van der Waals surface area (Å²) in [6.45, 7) is 0.940. The van der Waals surface area contributed by atoms with Crippen molar-refractivity contribution < 1.29 is 166 Å². The van der Waals surface area contributed by atoms with Gasteiger partial charge in [-0.25, -0.2) is 0 Å². The Hall–Kier alpha value is 3.52. The van der Waals surface area contributed by atoms with Crippen LogP contribution in [0.3, 0.4) is 0 Å². The van der Waals surface area contributed by atoms with Gasteiger partial charge in [-0.05, 0) is 0 Å². The van der Waals surface area contributed by atoms with Gasteiger partial charge in [0.25, 0.3) is 0 Å². The molecule has 0 atom stereocenters. The van der Waals surface area contributed by atoms with Crippen molar-refractivity contribution in [3.05, 3.63) is 0 Å². The number of hydrogen-bond donors (Lipinski definition) is 1. The number of hydrogen-bond acceptors (Lipinski definition) is 6. The Labute approximate surface area is 188 Å². The van der Waals surface area contributed by atoms with Crippen molar-refractivity contribution in [2.45, 2.75) is 6.92 Å². The zero-order chi connectivity index (χ0) is 9.65. The second kappa shape index (κ2) is 16.5. The van der Waals surface area contributed by atoms with E-state index < -0.39 is 19.6 Å². The Morgan fingerprint density at radius 3 is 1.29 bits per heavy atom. The van der Waals surface area contributed by atoms with Crippen LogP contribution in [-0.2, 0) is 14.2 Å². The molecule has 0 heterocycles. The molecule has 66 valence electrons. The van der Waals surface area contributed by atoms with Gasteiger partial charge in [-0.15, -0.1) is 0 Å². The first kappa shape index (κ1) is 30.5. The predicted octanol–water partition coefficient (Wildman–Crippen LogP) is -12.9. The van der Waals surface area contributed by atoms with Crippen LogP contribution in [0, 0.1) is 0 Å². The molecule has 7 nitrogen and oxygen atoms in total. The number of carboxylic acid groups (broad SMARTS) is 1. The molecule has 0 spiro atoms. The largest absolute Gasteiger partial charge is 1.00 e. The average molecular weight is 284 g/mol. The third kappa shape index (κ3) is 57.9. The molecule has 0 unspecified atom stereocenters. The number of Topliss-reactive ketones (excluding diaryl/α,β-unsaturated/α-hetero) is 1. The average Bonchev–Trinajstić information content (AvgIpc) is 1.59. The van der Waals surface area contributed by atoms with Gasteiger partial charge in [0.2, 0.25) is 0 Å². The van der Waals surface area contributed by atoms with Gasteiger partial charge in [0.1, 0.15) is 5.97 Å². The molecule has 0 aromatic heterocycles. The first-order valence-electron chi connectivity index (χ1n) is 2.11. The van der Waals surface area contributed by atoms with E-state index in [1.54, 1.807) is 0 Å². The zero-order valence-electron chi connectivity index (χ0n) is 8.34. The standard InChI is InChI=1S/C3H4O3.2K.Na.H3O4P/c1-2(4)3(5)6;;;;1-5(2,3)4/h1H3,(H,5,6);;;;(H3,1,2,3,4)/q;3*+1;/p-3. The number of carbonyl (C=O) groups excluding carboxylic acids is 2. The van der Waals surface area contributed by atoms with Crippen molar-refractivity contribution in [2.75, 3.05) is 0 Å². The minimum Gasteiger partial charge on any atom is -0.790 e. The first-order chi connectivity index (χ1) is 4.64. The molecule has 11 heteroatoms. The molecule has 0 rings (SSSR count). The van der Waals surface area contributed by atoms with Gasteiger partial charge in [-0.3, -0.25) is 4.79 Å². The molecule has 0 aromatic rings. The summed E-state index contributed by atoms with van der Waals surface area (Å²) < 4.78 is 8.66. The zero-order valence-corrected chi connectivity index (χ0v) is 17.5. The van der Waals surface area contributed by atoms with Gasteiger partial charge in [-0.1, -0.05) is 0 Å². The molecule has 1 N–H and O–H groups in total. The van der Waals surface area contributed by atoms with Crippen LogP contribution in [-0.4, -0.2) is 16.6 Å². The maximum absolute atomic E-state index is 9.48. The quantitative estimate of drug-likeness (QED) is 0.286. The van der Waals surface area contributed by atoms with Gasteiger partial charge < -0.3 is 29.1 Å². The van der Waals surface area contributed by atoms with E-state index >= 15 is 0 Å². The molecule has 14 heavy (non-hydrogen) atoms. The number of ketones is 1. The van der Waals surface area contributed by atoms with Crippen LogP contribution in [0.2, 0.25) is 0 Å². The fourth-order valence-corrected chi connectivity index (χ4v) is 0. The van der Waals surface area contributed by atoms with Crippen LogP contribution < -0.4 is 147 Å².